The van der Waals surface area contributed by atoms with E-state index in [0.29, 0.717) is 10.4 Å². The van der Waals surface area contributed by atoms with Crippen molar-refractivity contribution in [3.8, 4) is 0 Å². The Kier molecular flexibility index (Phi) is 3.58. The monoisotopic (exact) mass is 343 g/mol. The summed E-state index contributed by atoms with van der Waals surface area (Å²) in [5, 5.41) is 5.03. The zero-order valence-corrected chi connectivity index (χ0v) is 12.4. The van der Waals surface area contributed by atoms with Crippen LogP contribution in [-0.4, -0.2) is 0 Å². The molecule has 1 fully saturated rings. The van der Waals surface area contributed by atoms with Crippen molar-refractivity contribution in [1.82, 2.24) is 0 Å². The zero-order valence-electron chi connectivity index (χ0n) is 10.00. The van der Waals surface area contributed by atoms with Gasteiger partial charge in [-0.1, -0.05) is 22.0 Å². The van der Waals surface area contributed by atoms with Gasteiger partial charge in [-0.2, -0.15) is 0 Å². The van der Waals surface area contributed by atoms with Gasteiger partial charge < -0.3 is 5.32 Å². The van der Waals surface area contributed by atoms with Crippen LogP contribution in [0, 0.1) is 17.6 Å². The molecule has 1 aromatic carbocycles. The van der Waals surface area contributed by atoms with Crippen LogP contribution in [0.1, 0.15) is 23.8 Å². The minimum atomic E-state index is -0.561. The summed E-state index contributed by atoms with van der Waals surface area (Å²) in [5.41, 5.74) is -0.0338. The highest BCUT2D eigenvalue weighted by atomic mass is 79.9. The molecule has 1 N–H and O–H groups in total. The van der Waals surface area contributed by atoms with E-state index in [1.807, 2.05) is 17.5 Å². The lowest BCUT2D eigenvalue weighted by Crippen LogP contribution is -2.13. The summed E-state index contributed by atoms with van der Waals surface area (Å²) in [4.78, 5) is 1.13. The molecular formula is C14H12BrF2NS. The van der Waals surface area contributed by atoms with Crippen LogP contribution in [0.5, 0.6) is 0 Å². The number of nitrogens with one attached hydrogen (secondary N) is 1. The van der Waals surface area contributed by atoms with Gasteiger partial charge in [0.1, 0.15) is 17.3 Å². The van der Waals surface area contributed by atoms with Gasteiger partial charge in [0.05, 0.1) is 6.04 Å². The van der Waals surface area contributed by atoms with Crippen LogP contribution in [0.25, 0.3) is 0 Å². The van der Waals surface area contributed by atoms with E-state index < -0.39 is 11.6 Å². The highest BCUT2D eigenvalue weighted by Gasteiger charge is 2.34. The van der Waals surface area contributed by atoms with Gasteiger partial charge in [-0.25, -0.2) is 8.78 Å². The summed E-state index contributed by atoms with van der Waals surface area (Å²) >= 11 is 4.70. The first-order valence-electron chi connectivity index (χ1n) is 6.09. The maximum absolute atomic E-state index is 13.9. The van der Waals surface area contributed by atoms with Gasteiger partial charge in [0, 0.05) is 9.35 Å². The lowest BCUT2D eigenvalue weighted by Gasteiger charge is -2.19. The van der Waals surface area contributed by atoms with Crippen molar-refractivity contribution in [2.45, 2.75) is 18.9 Å². The van der Waals surface area contributed by atoms with Gasteiger partial charge in [-0.15, -0.1) is 11.3 Å². The predicted molar refractivity (Wildman–Crippen MR) is 77.5 cm³/mol. The number of thiophene rings is 1. The molecule has 3 rings (SSSR count). The fourth-order valence-corrected chi connectivity index (χ4v) is 3.43. The first-order valence-corrected chi connectivity index (χ1v) is 7.77. The standard InChI is InChI=1S/C14H12BrF2NS/c15-9-6-10(16)14(11(17)7-9)18-13(8-3-4-8)12-2-1-5-19-12/h1-2,5-8,13,18H,3-4H2. The Balaban J connectivity index is 1.91. The normalized spacial score (nSPS) is 16.4. The molecule has 1 heterocycles. The molecule has 1 aliphatic rings. The lowest BCUT2D eigenvalue weighted by atomic mass is 10.1. The average Bonchev–Trinajstić information content (AvgIpc) is 3.03. The molecule has 1 unspecified atom stereocenters. The van der Waals surface area contributed by atoms with Gasteiger partial charge >= 0.3 is 0 Å². The van der Waals surface area contributed by atoms with Crippen LogP contribution in [0.2, 0.25) is 0 Å². The summed E-state index contributed by atoms with van der Waals surface area (Å²) in [5.74, 6) is -0.649. The second-order valence-electron chi connectivity index (χ2n) is 4.72. The maximum atomic E-state index is 13.9. The van der Waals surface area contributed by atoms with Crippen molar-refractivity contribution in [2.24, 2.45) is 5.92 Å². The highest BCUT2D eigenvalue weighted by molar-refractivity contribution is 9.10. The molecule has 5 heteroatoms. The number of rotatable bonds is 4. The van der Waals surface area contributed by atoms with Crippen molar-refractivity contribution in [1.29, 1.82) is 0 Å². The first kappa shape index (κ1) is 13.1. The molecule has 0 amide bonds. The van der Waals surface area contributed by atoms with E-state index in [0.717, 1.165) is 17.7 Å². The maximum Gasteiger partial charge on any atom is 0.150 e. The Hall–Kier alpha value is -0.940. The molecule has 0 bridgehead atoms. The SMILES string of the molecule is Fc1cc(Br)cc(F)c1NC(c1cccs1)C1CC1. The largest absolute Gasteiger partial charge is 0.372 e. The predicted octanol–water partition coefficient (Wildman–Crippen LogP) is 5.35. The molecule has 1 aliphatic carbocycles. The summed E-state index contributed by atoms with van der Waals surface area (Å²) in [6.07, 6.45) is 2.21. The molecule has 0 saturated heterocycles. The van der Waals surface area contributed by atoms with Crippen LogP contribution < -0.4 is 5.32 Å². The number of halogens is 3. The van der Waals surface area contributed by atoms with Crippen LogP contribution >= 0.6 is 27.3 Å². The first-order chi connectivity index (χ1) is 9.15. The molecule has 0 spiro atoms. The Labute approximate surface area is 122 Å². The van der Waals surface area contributed by atoms with Gasteiger partial charge in [-0.05, 0) is 42.3 Å². The van der Waals surface area contributed by atoms with Crippen molar-refractivity contribution >= 4 is 33.0 Å². The van der Waals surface area contributed by atoms with Crippen molar-refractivity contribution in [3.05, 3.63) is 50.6 Å². The van der Waals surface area contributed by atoms with E-state index >= 15 is 0 Å². The second kappa shape index (κ2) is 5.21. The Morgan fingerprint density at radius 2 is 1.95 bits per heavy atom. The van der Waals surface area contributed by atoms with Crippen LogP contribution in [-0.2, 0) is 0 Å². The van der Waals surface area contributed by atoms with E-state index in [9.17, 15) is 8.78 Å². The molecule has 0 aliphatic heterocycles. The van der Waals surface area contributed by atoms with Crippen LogP contribution in [0.4, 0.5) is 14.5 Å². The number of benzene rings is 1. The van der Waals surface area contributed by atoms with E-state index in [1.165, 1.54) is 12.1 Å². The van der Waals surface area contributed by atoms with Crippen LogP contribution in [0.15, 0.2) is 34.1 Å². The second-order valence-corrected chi connectivity index (χ2v) is 6.61. The van der Waals surface area contributed by atoms with Crippen LogP contribution in [0.3, 0.4) is 0 Å². The van der Waals surface area contributed by atoms with Gasteiger partial charge in [0.15, 0.2) is 0 Å². The highest BCUT2D eigenvalue weighted by Crippen LogP contribution is 2.44. The fourth-order valence-electron chi connectivity index (χ4n) is 2.15. The molecule has 19 heavy (non-hydrogen) atoms. The quantitative estimate of drug-likeness (QED) is 0.788. The average molecular weight is 344 g/mol. The van der Waals surface area contributed by atoms with Gasteiger partial charge in [0.25, 0.3) is 0 Å². The van der Waals surface area contributed by atoms with E-state index in [-0.39, 0.29) is 11.7 Å². The number of anilines is 1. The molecular weight excluding hydrogens is 332 g/mol. The third kappa shape index (κ3) is 2.82. The molecule has 0 radical (unpaired) electrons. The van der Waals surface area contributed by atoms with Gasteiger partial charge in [-0.3, -0.25) is 0 Å². The fraction of sp³-hybridized carbons (Fsp3) is 0.286. The van der Waals surface area contributed by atoms with Crippen molar-refractivity contribution < 1.29 is 8.78 Å². The van der Waals surface area contributed by atoms with E-state index in [1.54, 1.807) is 11.3 Å². The molecule has 100 valence electrons. The zero-order chi connectivity index (χ0) is 13.4. The molecule has 1 aromatic heterocycles. The molecule has 1 saturated carbocycles. The number of hydrogen-bond acceptors (Lipinski definition) is 2. The minimum absolute atomic E-state index is 0.00479. The molecule has 1 atom stereocenters. The van der Waals surface area contributed by atoms with Gasteiger partial charge in [0.2, 0.25) is 0 Å². The summed E-state index contributed by atoms with van der Waals surface area (Å²) in [6, 6.07) is 6.54. The third-order valence-corrected chi connectivity index (χ3v) is 4.66. The molecule has 2 aromatic rings. The smallest absolute Gasteiger partial charge is 0.150 e. The molecule has 1 nitrogen and oxygen atoms in total. The Bertz CT molecular complexity index is 558. The topological polar surface area (TPSA) is 12.0 Å². The van der Waals surface area contributed by atoms with E-state index in [2.05, 4.69) is 21.2 Å². The summed E-state index contributed by atoms with van der Waals surface area (Å²) in [7, 11) is 0. The van der Waals surface area contributed by atoms with Crippen molar-refractivity contribution in [3.63, 3.8) is 0 Å². The summed E-state index contributed by atoms with van der Waals surface area (Å²) in [6.45, 7) is 0. The lowest BCUT2D eigenvalue weighted by molar-refractivity contribution is 0.575. The van der Waals surface area contributed by atoms with E-state index in [4.69, 9.17) is 0 Å². The van der Waals surface area contributed by atoms with Crippen molar-refractivity contribution in [2.75, 3.05) is 5.32 Å². The minimum Gasteiger partial charge on any atom is -0.372 e. The Morgan fingerprint density at radius 1 is 1.26 bits per heavy atom. The third-order valence-electron chi connectivity index (χ3n) is 3.25. The number of hydrogen-bond donors (Lipinski definition) is 1. The Morgan fingerprint density at radius 3 is 2.47 bits per heavy atom. The summed E-state index contributed by atoms with van der Waals surface area (Å²) < 4.78 is 28.1.